The number of benzene rings is 1. The van der Waals surface area contributed by atoms with E-state index >= 15 is 0 Å². The van der Waals surface area contributed by atoms with Gasteiger partial charge < -0.3 is 4.57 Å². The first kappa shape index (κ1) is 19.8. The lowest BCUT2D eigenvalue weighted by molar-refractivity contribution is -0.118. The highest BCUT2D eigenvalue weighted by molar-refractivity contribution is 7.99. The summed E-state index contributed by atoms with van der Waals surface area (Å²) in [5, 5.41) is 4.69. The summed E-state index contributed by atoms with van der Waals surface area (Å²) in [5.74, 6) is 0.00610. The maximum absolute atomic E-state index is 12.0. The van der Waals surface area contributed by atoms with E-state index in [1.165, 1.54) is 22.9 Å². The molecule has 0 atom stereocenters. The second kappa shape index (κ2) is 8.84. The molecular formula is C21H23N5OS. The molecular weight excluding hydrogens is 370 g/mol. The molecule has 1 N–H and O–H groups in total. The van der Waals surface area contributed by atoms with Gasteiger partial charge >= 0.3 is 0 Å². The molecule has 6 nitrogen and oxygen atoms in total. The van der Waals surface area contributed by atoms with Crippen molar-refractivity contribution in [1.29, 1.82) is 0 Å². The number of carbonyl (C=O) groups excluding carboxylic acids is 1. The Labute approximate surface area is 169 Å². The lowest BCUT2D eigenvalue weighted by Gasteiger charge is -2.09. The summed E-state index contributed by atoms with van der Waals surface area (Å²) in [6.45, 7) is 8.00. The van der Waals surface area contributed by atoms with E-state index in [-0.39, 0.29) is 11.7 Å². The van der Waals surface area contributed by atoms with Crippen molar-refractivity contribution in [3.8, 4) is 5.69 Å². The molecule has 0 spiro atoms. The molecule has 0 saturated carbocycles. The molecule has 28 heavy (non-hydrogen) atoms. The van der Waals surface area contributed by atoms with Gasteiger partial charge in [-0.2, -0.15) is 5.10 Å². The molecule has 2 aromatic heterocycles. The number of nitrogens with one attached hydrogen (secondary N) is 1. The zero-order valence-electron chi connectivity index (χ0n) is 16.4. The van der Waals surface area contributed by atoms with E-state index in [9.17, 15) is 4.79 Å². The van der Waals surface area contributed by atoms with E-state index in [4.69, 9.17) is 0 Å². The molecule has 144 valence electrons. The summed E-state index contributed by atoms with van der Waals surface area (Å²) in [4.78, 5) is 20.7. The highest BCUT2D eigenvalue weighted by atomic mass is 32.2. The smallest absolute Gasteiger partial charge is 0.250 e. The largest absolute Gasteiger partial charge is 0.316 e. The van der Waals surface area contributed by atoms with Crippen LogP contribution in [-0.2, 0) is 4.79 Å². The number of hydrazone groups is 1. The summed E-state index contributed by atoms with van der Waals surface area (Å²) in [5.41, 5.74) is 8.76. The van der Waals surface area contributed by atoms with Crippen LogP contribution in [0.15, 0.2) is 52.9 Å². The van der Waals surface area contributed by atoms with Crippen LogP contribution in [0.1, 0.15) is 28.2 Å². The molecule has 0 unspecified atom stereocenters. The van der Waals surface area contributed by atoms with Crippen LogP contribution in [0.3, 0.4) is 0 Å². The SMILES string of the molecule is Cc1cc(C)nc(SCC(=O)N/N=C\c2cccn2-c2ccc(C)c(C)c2)n1. The van der Waals surface area contributed by atoms with Crippen LogP contribution in [0.5, 0.6) is 0 Å². The van der Waals surface area contributed by atoms with Gasteiger partial charge in [0.2, 0.25) is 0 Å². The number of nitrogens with zero attached hydrogens (tertiary/aromatic N) is 4. The second-order valence-corrected chi connectivity index (χ2v) is 7.53. The van der Waals surface area contributed by atoms with Crippen molar-refractivity contribution < 1.29 is 4.79 Å². The van der Waals surface area contributed by atoms with Crippen LogP contribution in [-0.4, -0.2) is 32.4 Å². The average molecular weight is 394 g/mol. The monoisotopic (exact) mass is 393 g/mol. The van der Waals surface area contributed by atoms with Gasteiger partial charge in [0.1, 0.15) is 0 Å². The number of thioether (sulfide) groups is 1. The zero-order chi connectivity index (χ0) is 20.1. The molecule has 3 aromatic rings. The Balaban J connectivity index is 1.60. The third-order valence-electron chi connectivity index (χ3n) is 4.23. The van der Waals surface area contributed by atoms with E-state index < -0.39 is 0 Å². The van der Waals surface area contributed by atoms with Crippen molar-refractivity contribution in [1.82, 2.24) is 20.0 Å². The lowest BCUT2D eigenvalue weighted by Crippen LogP contribution is -2.20. The third-order valence-corrected chi connectivity index (χ3v) is 5.08. The molecule has 0 aliphatic rings. The number of carbonyl (C=O) groups is 1. The number of hydrogen-bond donors (Lipinski definition) is 1. The Morgan fingerprint density at radius 1 is 1.11 bits per heavy atom. The quantitative estimate of drug-likeness (QED) is 0.300. The Bertz CT molecular complexity index is 1010. The summed E-state index contributed by atoms with van der Waals surface area (Å²) in [6, 6.07) is 12.1. The molecule has 0 radical (unpaired) electrons. The third kappa shape index (κ3) is 5.07. The van der Waals surface area contributed by atoms with Gasteiger partial charge in [0.25, 0.3) is 5.91 Å². The topological polar surface area (TPSA) is 72.2 Å². The molecule has 0 aliphatic carbocycles. The number of aromatic nitrogens is 3. The van der Waals surface area contributed by atoms with E-state index in [0.29, 0.717) is 5.16 Å². The molecule has 0 bridgehead atoms. The van der Waals surface area contributed by atoms with Crippen molar-refractivity contribution in [3.63, 3.8) is 0 Å². The Morgan fingerprint density at radius 3 is 2.57 bits per heavy atom. The fourth-order valence-electron chi connectivity index (χ4n) is 2.70. The van der Waals surface area contributed by atoms with Gasteiger partial charge in [-0.1, -0.05) is 17.8 Å². The van der Waals surface area contributed by atoms with E-state index in [1.807, 2.05) is 42.8 Å². The van der Waals surface area contributed by atoms with Crippen molar-refractivity contribution >= 4 is 23.9 Å². The minimum absolute atomic E-state index is 0.201. The van der Waals surface area contributed by atoms with Gasteiger partial charge in [-0.25, -0.2) is 15.4 Å². The van der Waals surface area contributed by atoms with Crippen LogP contribution in [0, 0.1) is 27.7 Å². The van der Waals surface area contributed by atoms with Crippen LogP contribution in [0.25, 0.3) is 5.69 Å². The molecule has 0 fully saturated rings. The summed E-state index contributed by atoms with van der Waals surface area (Å²) < 4.78 is 2.03. The maximum Gasteiger partial charge on any atom is 0.250 e. The number of amides is 1. The molecule has 0 saturated heterocycles. The van der Waals surface area contributed by atoms with Crippen molar-refractivity contribution in [2.45, 2.75) is 32.9 Å². The summed E-state index contributed by atoms with van der Waals surface area (Å²) in [6.07, 6.45) is 3.62. The Kier molecular flexibility index (Phi) is 6.26. The van der Waals surface area contributed by atoms with Gasteiger partial charge in [0.05, 0.1) is 17.7 Å². The van der Waals surface area contributed by atoms with Crippen LogP contribution >= 0.6 is 11.8 Å². The van der Waals surface area contributed by atoms with Gasteiger partial charge in [0.15, 0.2) is 5.16 Å². The first-order valence-electron chi connectivity index (χ1n) is 8.94. The van der Waals surface area contributed by atoms with E-state index in [1.54, 1.807) is 6.21 Å². The van der Waals surface area contributed by atoms with Crippen molar-refractivity contribution in [2.24, 2.45) is 5.10 Å². The number of aryl methyl sites for hydroxylation is 4. The Hall–Kier alpha value is -2.93. The van der Waals surface area contributed by atoms with E-state index in [0.717, 1.165) is 22.8 Å². The summed E-state index contributed by atoms with van der Waals surface area (Å²) in [7, 11) is 0. The number of hydrogen-bond acceptors (Lipinski definition) is 5. The van der Waals surface area contributed by atoms with Gasteiger partial charge in [-0.3, -0.25) is 4.79 Å². The van der Waals surface area contributed by atoms with Gasteiger partial charge in [-0.15, -0.1) is 0 Å². The zero-order valence-corrected chi connectivity index (χ0v) is 17.2. The van der Waals surface area contributed by atoms with Gasteiger partial charge in [-0.05, 0) is 69.2 Å². The summed E-state index contributed by atoms with van der Waals surface area (Å²) >= 11 is 1.29. The first-order chi connectivity index (χ1) is 13.4. The fourth-order valence-corrected chi connectivity index (χ4v) is 3.44. The van der Waals surface area contributed by atoms with Crippen molar-refractivity contribution in [2.75, 3.05) is 5.75 Å². The highest BCUT2D eigenvalue weighted by Crippen LogP contribution is 2.16. The molecule has 1 amide bonds. The Morgan fingerprint density at radius 2 is 1.86 bits per heavy atom. The van der Waals surface area contributed by atoms with Crippen LogP contribution in [0.4, 0.5) is 0 Å². The molecule has 3 rings (SSSR count). The second-order valence-electron chi connectivity index (χ2n) is 6.59. The normalized spacial score (nSPS) is 11.1. The fraction of sp³-hybridized carbons (Fsp3) is 0.238. The highest BCUT2D eigenvalue weighted by Gasteiger charge is 2.06. The number of rotatable bonds is 6. The van der Waals surface area contributed by atoms with Crippen molar-refractivity contribution in [3.05, 3.63) is 70.8 Å². The molecule has 2 heterocycles. The minimum atomic E-state index is -0.201. The maximum atomic E-state index is 12.0. The minimum Gasteiger partial charge on any atom is -0.316 e. The standard InChI is InChI=1S/C21H23N5OS/c1-14-7-8-18(10-15(14)2)26-9-5-6-19(26)12-22-25-20(27)13-28-21-23-16(3)11-17(4)24-21/h5-12H,13H2,1-4H3,(H,25,27)/b22-12-. The van der Waals surface area contributed by atoms with Crippen LogP contribution in [0.2, 0.25) is 0 Å². The van der Waals surface area contributed by atoms with Gasteiger partial charge in [0, 0.05) is 23.3 Å². The molecule has 7 heteroatoms. The average Bonchev–Trinajstić information content (AvgIpc) is 3.10. The van der Waals surface area contributed by atoms with Crippen LogP contribution < -0.4 is 5.43 Å². The predicted octanol–water partition coefficient (Wildman–Crippen LogP) is 3.74. The van der Waals surface area contributed by atoms with E-state index in [2.05, 4.69) is 52.5 Å². The lowest BCUT2D eigenvalue weighted by atomic mass is 10.1. The predicted molar refractivity (Wildman–Crippen MR) is 113 cm³/mol. The molecule has 0 aliphatic heterocycles. The molecule has 1 aromatic carbocycles. The first-order valence-corrected chi connectivity index (χ1v) is 9.93.